The molecule has 0 spiro atoms. The number of rotatable bonds is 13. The van der Waals surface area contributed by atoms with Gasteiger partial charge in [-0.05, 0) is 65.7 Å². The normalized spacial score (nSPS) is 18.4. The van der Waals surface area contributed by atoms with E-state index in [9.17, 15) is 9.59 Å². The van der Waals surface area contributed by atoms with E-state index in [4.69, 9.17) is 22.2 Å². The van der Waals surface area contributed by atoms with Gasteiger partial charge in [-0.15, -0.1) is 0 Å². The van der Waals surface area contributed by atoms with Gasteiger partial charge < -0.3 is 28.8 Å². The summed E-state index contributed by atoms with van der Waals surface area (Å²) in [5.41, 5.74) is 0.544. The van der Waals surface area contributed by atoms with Gasteiger partial charge in [0.15, 0.2) is 19.5 Å². The molecule has 1 aliphatic rings. The summed E-state index contributed by atoms with van der Waals surface area (Å²) in [6, 6.07) is 5.36. The first kappa shape index (κ1) is 30.0. The Labute approximate surface area is 218 Å². The summed E-state index contributed by atoms with van der Waals surface area (Å²) >= 11 is 0. The zero-order valence-electron chi connectivity index (χ0n) is 23.2. The quantitative estimate of drug-likeness (QED) is 0.304. The lowest BCUT2D eigenvalue weighted by molar-refractivity contribution is -0.134. The van der Waals surface area contributed by atoms with E-state index in [2.05, 4.69) is 0 Å². The molecule has 1 saturated heterocycles. The second kappa shape index (κ2) is 14.5. The Morgan fingerprint density at radius 1 is 1.08 bits per heavy atom. The third-order valence-electron chi connectivity index (χ3n) is 6.76. The first-order valence-electron chi connectivity index (χ1n) is 13.1. The summed E-state index contributed by atoms with van der Waals surface area (Å²) in [5.74, 6) is 1.18. The smallest absolute Gasteiger partial charge is 0.254 e. The number of carbonyl (C=O) groups excluding carboxylic acids is 2. The van der Waals surface area contributed by atoms with Crippen molar-refractivity contribution in [1.29, 1.82) is 0 Å². The number of nitrogens with zero attached hydrogens (tertiary/aromatic N) is 3. The molecule has 1 aromatic carbocycles. The van der Waals surface area contributed by atoms with Crippen LogP contribution in [-0.2, 0) is 9.53 Å². The first-order valence-corrected chi connectivity index (χ1v) is 13.1. The molecule has 1 aromatic rings. The lowest BCUT2D eigenvalue weighted by Gasteiger charge is -2.44. The summed E-state index contributed by atoms with van der Waals surface area (Å²) in [6.07, 6.45) is 2.68. The molecule has 0 N–H and O–H groups in total. The van der Waals surface area contributed by atoms with Crippen LogP contribution in [0.4, 0.5) is 0 Å². The molecule has 0 aliphatic carbocycles. The van der Waals surface area contributed by atoms with Crippen LogP contribution in [0.5, 0.6) is 11.5 Å². The summed E-state index contributed by atoms with van der Waals surface area (Å²) in [5, 5.41) is 0. The molecule has 9 heteroatoms. The molecule has 200 valence electrons. The van der Waals surface area contributed by atoms with Gasteiger partial charge in [-0.25, -0.2) is 0 Å². The fourth-order valence-corrected chi connectivity index (χ4v) is 4.91. The van der Waals surface area contributed by atoms with Gasteiger partial charge in [0, 0.05) is 69.4 Å². The summed E-state index contributed by atoms with van der Waals surface area (Å²) in [7, 11) is 9.67. The monoisotopic (exact) mass is 501 g/mol. The van der Waals surface area contributed by atoms with Gasteiger partial charge in [0.2, 0.25) is 5.91 Å². The van der Waals surface area contributed by atoms with E-state index in [1.807, 2.05) is 44.4 Å². The summed E-state index contributed by atoms with van der Waals surface area (Å²) in [4.78, 5) is 32.0. The molecule has 0 saturated carbocycles. The predicted octanol–water partition coefficient (Wildman–Crippen LogP) is 3.52. The molecular weight excluding hydrogens is 457 g/mol. The van der Waals surface area contributed by atoms with Gasteiger partial charge >= 0.3 is 0 Å². The van der Waals surface area contributed by atoms with E-state index in [1.54, 1.807) is 37.2 Å². The van der Waals surface area contributed by atoms with Crippen molar-refractivity contribution in [1.82, 2.24) is 14.6 Å². The van der Waals surface area contributed by atoms with Crippen LogP contribution >= 0.6 is 0 Å². The Balaban J connectivity index is 2.12. The highest BCUT2D eigenvalue weighted by atomic mass is 16.5. The largest absolute Gasteiger partial charge is 0.493 e. The van der Waals surface area contributed by atoms with Crippen LogP contribution in [0, 0.1) is 0 Å². The van der Waals surface area contributed by atoms with Gasteiger partial charge in [-0.2, -0.15) is 0 Å². The predicted molar refractivity (Wildman–Crippen MR) is 143 cm³/mol. The van der Waals surface area contributed by atoms with Gasteiger partial charge in [-0.3, -0.25) is 9.59 Å². The van der Waals surface area contributed by atoms with E-state index < -0.39 is 0 Å². The Hall–Kier alpha value is -2.26. The Bertz CT molecular complexity index is 851. The minimum Gasteiger partial charge on any atom is -0.493 e. The number of ether oxygens (including phenoxy) is 3. The van der Waals surface area contributed by atoms with Gasteiger partial charge in [0.25, 0.3) is 5.91 Å². The van der Waals surface area contributed by atoms with Crippen LogP contribution < -0.4 is 9.47 Å². The molecule has 0 bridgehead atoms. The fourth-order valence-electron chi connectivity index (χ4n) is 4.91. The zero-order chi connectivity index (χ0) is 26.8. The average molecular weight is 501 g/mol. The van der Waals surface area contributed by atoms with E-state index >= 15 is 0 Å². The maximum Gasteiger partial charge on any atom is 0.254 e. The number of hydrogen-bond donors (Lipinski definition) is 0. The first-order chi connectivity index (χ1) is 17.1. The van der Waals surface area contributed by atoms with Crippen LogP contribution in [0.3, 0.4) is 0 Å². The summed E-state index contributed by atoms with van der Waals surface area (Å²) < 4.78 is 16.4. The van der Waals surface area contributed by atoms with Crippen LogP contribution in [0.2, 0.25) is 0 Å². The SMILES string of the molecule is [B]N1CC(N(C(=O)c2ccc(OC)c(OCCCOC)c2)C(C)C)CCC1CC(=O)N(CC)C(C)C. The molecule has 2 radical (unpaired) electrons. The van der Waals surface area contributed by atoms with Crippen molar-refractivity contribution in [3.63, 3.8) is 0 Å². The lowest BCUT2D eigenvalue weighted by Crippen LogP contribution is -2.55. The molecule has 2 amide bonds. The van der Waals surface area contributed by atoms with Gasteiger partial charge in [0.05, 0.1) is 13.7 Å². The zero-order valence-corrected chi connectivity index (χ0v) is 23.2. The van der Waals surface area contributed by atoms with Crippen molar-refractivity contribution in [3.05, 3.63) is 23.8 Å². The number of benzene rings is 1. The number of piperidine rings is 1. The average Bonchev–Trinajstić information content (AvgIpc) is 2.83. The standard InChI is InChI=1S/C27H44BN3O5/c1-8-29(19(2)3)26(32)17-22-11-12-23(18-30(22)28)31(20(4)5)27(33)21-10-13-24(35-7)25(16-21)36-15-9-14-34-6/h10,13,16,19-20,22-23H,8-9,11-12,14-15,17-18H2,1-7H3. The number of methoxy groups -OCH3 is 2. The van der Waals surface area contributed by atoms with Crippen LogP contribution in [-0.4, -0.2) is 99.1 Å². The minimum absolute atomic E-state index is 0.0150. The summed E-state index contributed by atoms with van der Waals surface area (Å²) in [6.45, 7) is 12.4. The molecular formula is C27H44BN3O5. The Morgan fingerprint density at radius 2 is 1.81 bits per heavy atom. The van der Waals surface area contributed by atoms with Crippen LogP contribution in [0.15, 0.2) is 18.2 Å². The second-order valence-corrected chi connectivity index (χ2v) is 9.93. The molecule has 2 atom stereocenters. The molecule has 1 aliphatic heterocycles. The Kier molecular flexibility index (Phi) is 12.1. The van der Waals surface area contributed by atoms with Crippen molar-refractivity contribution in [2.75, 3.05) is 40.5 Å². The number of carbonyl (C=O) groups is 2. The fraction of sp³-hybridized carbons (Fsp3) is 0.704. The highest BCUT2D eigenvalue weighted by Crippen LogP contribution is 2.31. The number of amides is 2. The molecule has 1 heterocycles. The van der Waals surface area contributed by atoms with Gasteiger partial charge in [-0.1, -0.05) is 0 Å². The highest BCUT2D eigenvalue weighted by molar-refractivity contribution is 6.05. The molecule has 1 fully saturated rings. The van der Waals surface area contributed by atoms with E-state index in [0.29, 0.717) is 49.8 Å². The van der Waals surface area contributed by atoms with Crippen molar-refractivity contribution in [2.45, 2.75) is 84.5 Å². The van der Waals surface area contributed by atoms with Crippen molar-refractivity contribution in [3.8, 4) is 11.5 Å². The third-order valence-corrected chi connectivity index (χ3v) is 6.76. The maximum absolute atomic E-state index is 13.7. The molecule has 0 aromatic heterocycles. The van der Waals surface area contributed by atoms with E-state index in [1.165, 1.54) is 0 Å². The maximum atomic E-state index is 13.7. The van der Waals surface area contributed by atoms with Crippen molar-refractivity contribution < 1.29 is 23.8 Å². The van der Waals surface area contributed by atoms with Crippen molar-refractivity contribution in [2.24, 2.45) is 0 Å². The van der Waals surface area contributed by atoms with Gasteiger partial charge in [0.1, 0.15) is 0 Å². The second-order valence-electron chi connectivity index (χ2n) is 9.93. The topological polar surface area (TPSA) is 71.5 Å². The lowest BCUT2D eigenvalue weighted by atomic mass is 9.90. The molecule has 2 unspecified atom stereocenters. The van der Waals surface area contributed by atoms with E-state index in [0.717, 1.165) is 19.3 Å². The molecule has 2 rings (SSSR count). The van der Waals surface area contributed by atoms with Crippen LogP contribution in [0.25, 0.3) is 0 Å². The third kappa shape index (κ3) is 7.87. The molecule has 8 nitrogen and oxygen atoms in total. The van der Waals surface area contributed by atoms with E-state index in [-0.39, 0.29) is 36.0 Å². The van der Waals surface area contributed by atoms with Crippen LogP contribution in [0.1, 0.15) is 70.7 Å². The Morgan fingerprint density at radius 3 is 2.36 bits per heavy atom. The number of hydrogen-bond acceptors (Lipinski definition) is 6. The highest BCUT2D eigenvalue weighted by Gasteiger charge is 2.35. The molecule has 36 heavy (non-hydrogen) atoms. The minimum atomic E-state index is -0.0701. The van der Waals surface area contributed by atoms with Crippen molar-refractivity contribution >= 4 is 19.8 Å².